The maximum atomic E-state index is 12.2. The second-order valence-electron chi connectivity index (χ2n) is 5.46. The maximum absolute atomic E-state index is 12.2. The number of pyridine rings is 1. The van der Waals surface area contributed by atoms with E-state index in [4.69, 9.17) is 10.8 Å². The van der Waals surface area contributed by atoms with Gasteiger partial charge >= 0.3 is 0 Å². The second kappa shape index (κ2) is 6.58. The van der Waals surface area contributed by atoms with Crippen LogP contribution in [0.15, 0.2) is 60.7 Å². The Kier molecular flexibility index (Phi) is 4.35. The summed E-state index contributed by atoms with van der Waals surface area (Å²) in [5.74, 6) is 5.19. The normalized spacial score (nSPS) is 12.1. The molecule has 0 aliphatic heterocycles. The fourth-order valence-electron chi connectivity index (χ4n) is 2.94. The number of nitrogens with zero attached hydrogens (tertiary/aromatic N) is 1. The highest BCUT2D eigenvalue weighted by molar-refractivity contribution is 6.06. The highest BCUT2D eigenvalue weighted by Crippen LogP contribution is 2.29. The molecule has 0 aliphatic rings. The summed E-state index contributed by atoms with van der Waals surface area (Å²) < 4.78 is 0. The first-order valence-corrected chi connectivity index (χ1v) is 7.70. The van der Waals surface area contributed by atoms with E-state index in [-0.39, 0.29) is 11.8 Å². The van der Waals surface area contributed by atoms with Crippen LogP contribution in [0.1, 0.15) is 40.9 Å². The Morgan fingerprint density at radius 2 is 1.83 bits per heavy atom. The van der Waals surface area contributed by atoms with Gasteiger partial charge in [-0.25, -0.2) is 5.84 Å². The molecule has 0 saturated heterocycles. The molecule has 0 radical (unpaired) electrons. The van der Waals surface area contributed by atoms with Crippen LogP contribution in [-0.2, 0) is 0 Å². The van der Waals surface area contributed by atoms with Crippen molar-refractivity contribution in [3.63, 3.8) is 0 Å². The zero-order valence-corrected chi connectivity index (χ0v) is 13.0. The minimum atomic E-state index is -0.298. The number of benzene rings is 2. The fraction of sp³-hybridized carbons (Fsp3) is 0.158. The third-order valence-electron chi connectivity index (χ3n) is 4.08. The molecule has 0 fully saturated rings. The quantitative estimate of drug-likeness (QED) is 0.441. The number of nitrogens with one attached hydrogen (secondary N) is 1. The predicted octanol–water partition coefficient (Wildman–Crippen LogP) is 3.38. The largest absolute Gasteiger partial charge is 0.290 e. The number of fused-ring (bicyclic) bond motifs is 1. The molecule has 4 nitrogen and oxygen atoms in total. The van der Waals surface area contributed by atoms with E-state index in [0.29, 0.717) is 5.56 Å². The summed E-state index contributed by atoms with van der Waals surface area (Å²) in [5, 5.41) is 0.808. The van der Waals surface area contributed by atoms with Crippen molar-refractivity contribution in [2.45, 2.75) is 19.3 Å². The van der Waals surface area contributed by atoms with Crippen molar-refractivity contribution >= 4 is 16.8 Å². The Morgan fingerprint density at radius 3 is 2.52 bits per heavy atom. The molecule has 1 amide bonds. The van der Waals surface area contributed by atoms with Gasteiger partial charge in [-0.1, -0.05) is 55.5 Å². The van der Waals surface area contributed by atoms with Crippen LogP contribution in [0.2, 0.25) is 0 Å². The molecular weight excluding hydrogens is 286 g/mol. The standard InChI is InChI=1S/C19H19N3O/c1-2-14(13-8-4-3-5-9-13)18-12-16(19(23)22-20)15-10-6-7-11-17(15)21-18/h3-12,14H,2,20H2,1H3,(H,22,23)/t14-/m1/s1. The van der Waals surface area contributed by atoms with Gasteiger partial charge in [0.05, 0.1) is 11.1 Å². The smallest absolute Gasteiger partial charge is 0.265 e. The van der Waals surface area contributed by atoms with Crippen LogP contribution >= 0.6 is 0 Å². The van der Waals surface area contributed by atoms with E-state index < -0.39 is 0 Å². The summed E-state index contributed by atoms with van der Waals surface area (Å²) in [6.45, 7) is 2.12. The van der Waals surface area contributed by atoms with Crippen molar-refractivity contribution in [3.8, 4) is 0 Å². The summed E-state index contributed by atoms with van der Waals surface area (Å²) >= 11 is 0. The first kappa shape index (κ1) is 15.2. The first-order valence-electron chi connectivity index (χ1n) is 7.70. The lowest BCUT2D eigenvalue weighted by Crippen LogP contribution is -2.30. The summed E-state index contributed by atoms with van der Waals surface area (Å²) in [5.41, 5.74) is 5.67. The molecule has 0 bridgehead atoms. The van der Waals surface area contributed by atoms with Crippen LogP contribution in [0.4, 0.5) is 0 Å². The molecule has 23 heavy (non-hydrogen) atoms. The number of carbonyl (C=O) groups excluding carboxylic acids is 1. The van der Waals surface area contributed by atoms with E-state index in [0.717, 1.165) is 23.0 Å². The Balaban J connectivity index is 2.19. The number of hydrazine groups is 1. The van der Waals surface area contributed by atoms with E-state index in [1.54, 1.807) is 0 Å². The van der Waals surface area contributed by atoms with Crippen molar-refractivity contribution in [2.75, 3.05) is 0 Å². The Labute approximate surface area is 135 Å². The number of para-hydroxylation sites is 1. The highest BCUT2D eigenvalue weighted by Gasteiger charge is 2.18. The SMILES string of the molecule is CC[C@H](c1ccccc1)c1cc(C(=O)NN)c2ccccc2n1. The molecule has 2 aromatic carbocycles. The zero-order valence-electron chi connectivity index (χ0n) is 13.0. The molecule has 0 saturated carbocycles. The van der Waals surface area contributed by atoms with Crippen molar-refractivity contribution in [2.24, 2.45) is 5.84 Å². The van der Waals surface area contributed by atoms with Crippen molar-refractivity contribution < 1.29 is 4.79 Å². The molecule has 1 heterocycles. The van der Waals surface area contributed by atoms with Gasteiger partial charge in [0.1, 0.15) is 0 Å². The summed E-state index contributed by atoms with van der Waals surface area (Å²) in [6.07, 6.45) is 0.902. The molecule has 0 spiro atoms. The number of carbonyl (C=O) groups is 1. The Hall–Kier alpha value is -2.72. The molecule has 3 rings (SSSR count). The lowest BCUT2D eigenvalue weighted by atomic mass is 9.91. The van der Waals surface area contributed by atoms with Gasteiger partial charge in [0, 0.05) is 17.0 Å². The highest BCUT2D eigenvalue weighted by atomic mass is 16.2. The van der Waals surface area contributed by atoms with Crippen LogP contribution in [0.25, 0.3) is 10.9 Å². The van der Waals surface area contributed by atoms with Gasteiger partial charge < -0.3 is 0 Å². The molecular formula is C19H19N3O. The van der Waals surface area contributed by atoms with E-state index >= 15 is 0 Å². The number of hydrogen-bond donors (Lipinski definition) is 2. The average molecular weight is 305 g/mol. The van der Waals surface area contributed by atoms with E-state index in [1.165, 1.54) is 5.56 Å². The van der Waals surface area contributed by atoms with Crippen LogP contribution < -0.4 is 11.3 Å². The van der Waals surface area contributed by atoms with E-state index in [2.05, 4.69) is 24.5 Å². The molecule has 0 unspecified atom stereocenters. The maximum Gasteiger partial charge on any atom is 0.265 e. The van der Waals surface area contributed by atoms with Crippen LogP contribution in [0, 0.1) is 0 Å². The summed E-state index contributed by atoms with van der Waals surface area (Å²) in [7, 11) is 0. The number of rotatable bonds is 4. The van der Waals surface area contributed by atoms with E-state index in [1.807, 2.05) is 48.5 Å². The molecule has 116 valence electrons. The lowest BCUT2D eigenvalue weighted by Gasteiger charge is -2.17. The monoisotopic (exact) mass is 305 g/mol. The number of hydrogen-bond acceptors (Lipinski definition) is 3. The molecule has 3 N–H and O–H groups in total. The van der Waals surface area contributed by atoms with Crippen LogP contribution in [-0.4, -0.2) is 10.9 Å². The molecule has 4 heteroatoms. The summed E-state index contributed by atoms with van der Waals surface area (Å²) in [4.78, 5) is 16.9. The predicted molar refractivity (Wildman–Crippen MR) is 92.0 cm³/mol. The van der Waals surface area contributed by atoms with E-state index in [9.17, 15) is 4.79 Å². The van der Waals surface area contributed by atoms with Crippen LogP contribution in [0.3, 0.4) is 0 Å². The lowest BCUT2D eigenvalue weighted by molar-refractivity contribution is 0.0955. The van der Waals surface area contributed by atoms with Gasteiger partial charge in [-0.2, -0.15) is 0 Å². The fourth-order valence-corrected chi connectivity index (χ4v) is 2.94. The Morgan fingerprint density at radius 1 is 1.13 bits per heavy atom. The van der Waals surface area contributed by atoms with Crippen molar-refractivity contribution in [3.05, 3.63) is 77.5 Å². The molecule has 0 aliphatic carbocycles. The number of nitrogen functional groups attached to an aromatic ring is 1. The van der Waals surface area contributed by atoms with Crippen molar-refractivity contribution in [1.82, 2.24) is 10.4 Å². The third-order valence-corrected chi connectivity index (χ3v) is 4.08. The second-order valence-corrected chi connectivity index (χ2v) is 5.46. The summed E-state index contributed by atoms with van der Waals surface area (Å²) in [6, 6.07) is 19.7. The van der Waals surface area contributed by atoms with Gasteiger partial charge in [-0.3, -0.25) is 15.2 Å². The minimum absolute atomic E-state index is 0.144. The topological polar surface area (TPSA) is 68.0 Å². The van der Waals surface area contributed by atoms with Gasteiger partial charge in [0.2, 0.25) is 0 Å². The number of nitrogens with two attached hydrogens (primary N) is 1. The molecule has 1 aromatic heterocycles. The van der Waals surface area contributed by atoms with Gasteiger partial charge in [-0.15, -0.1) is 0 Å². The van der Waals surface area contributed by atoms with Gasteiger partial charge in [0.25, 0.3) is 5.91 Å². The number of aromatic nitrogens is 1. The number of amides is 1. The first-order chi connectivity index (χ1) is 11.2. The third kappa shape index (κ3) is 2.94. The average Bonchev–Trinajstić information content (AvgIpc) is 2.62. The van der Waals surface area contributed by atoms with Gasteiger partial charge in [0.15, 0.2) is 0 Å². The van der Waals surface area contributed by atoms with Crippen molar-refractivity contribution in [1.29, 1.82) is 0 Å². The van der Waals surface area contributed by atoms with Crippen LogP contribution in [0.5, 0.6) is 0 Å². The van der Waals surface area contributed by atoms with Gasteiger partial charge in [-0.05, 0) is 24.1 Å². The molecule has 1 atom stereocenters. The zero-order chi connectivity index (χ0) is 16.2. The Bertz CT molecular complexity index is 830. The minimum Gasteiger partial charge on any atom is -0.290 e. The molecule has 3 aromatic rings.